The summed E-state index contributed by atoms with van der Waals surface area (Å²) in [6, 6.07) is -0.174. The molecule has 0 aromatic heterocycles. The Bertz CT molecular complexity index is 230. The van der Waals surface area contributed by atoms with Gasteiger partial charge in [-0.2, -0.15) is 0 Å². The van der Waals surface area contributed by atoms with Crippen molar-refractivity contribution in [3.8, 4) is 0 Å². The molecule has 4 heteroatoms. The van der Waals surface area contributed by atoms with E-state index in [-0.39, 0.29) is 11.8 Å². The summed E-state index contributed by atoms with van der Waals surface area (Å²) >= 11 is 0. The molecule has 1 N–H and O–H groups in total. The van der Waals surface area contributed by atoms with Crippen molar-refractivity contribution in [2.24, 2.45) is 0 Å². The number of hydrogen-bond acceptors (Lipinski definition) is 3. The maximum Gasteiger partial charge on any atom is 0.407 e. The molecule has 1 unspecified atom stereocenters. The van der Waals surface area contributed by atoms with Crippen molar-refractivity contribution in [3.63, 3.8) is 0 Å². The minimum absolute atomic E-state index is 0.138. The molecule has 1 atom stereocenters. The van der Waals surface area contributed by atoms with E-state index in [0.29, 0.717) is 12.8 Å². The number of ketones is 1. The van der Waals surface area contributed by atoms with Gasteiger partial charge < -0.3 is 10.1 Å². The van der Waals surface area contributed by atoms with Gasteiger partial charge in [-0.05, 0) is 27.7 Å². The van der Waals surface area contributed by atoms with Crippen molar-refractivity contribution >= 4 is 11.9 Å². The topological polar surface area (TPSA) is 55.4 Å². The first-order chi connectivity index (χ1) is 6.74. The monoisotopic (exact) mass is 215 g/mol. The van der Waals surface area contributed by atoms with E-state index in [1.54, 1.807) is 27.7 Å². The smallest absolute Gasteiger partial charge is 0.407 e. The first-order valence-corrected chi connectivity index (χ1v) is 5.25. The van der Waals surface area contributed by atoms with Crippen molar-refractivity contribution in [3.05, 3.63) is 0 Å². The van der Waals surface area contributed by atoms with E-state index in [1.165, 1.54) is 0 Å². The first kappa shape index (κ1) is 13.9. The Kier molecular flexibility index (Phi) is 5.33. The van der Waals surface area contributed by atoms with Crippen LogP contribution in [0.15, 0.2) is 0 Å². The number of Topliss-reactive ketones (excluding diaryl/α,β-unsaturated/α-hetero) is 1. The lowest BCUT2D eigenvalue weighted by Crippen LogP contribution is -2.38. The molecule has 0 heterocycles. The Hall–Kier alpha value is -1.06. The van der Waals surface area contributed by atoms with Crippen LogP contribution < -0.4 is 5.32 Å². The van der Waals surface area contributed by atoms with Gasteiger partial charge in [0, 0.05) is 18.9 Å². The van der Waals surface area contributed by atoms with Crippen LogP contribution in [-0.2, 0) is 9.53 Å². The van der Waals surface area contributed by atoms with Crippen LogP contribution in [-0.4, -0.2) is 23.5 Å². The lowest BCUT2D eigenvalue weighted by molar-refractivity contribution is -0.119. The quantitative estimate of drug-likeness (QED) is 0.782. The van der Waals surface area contributed by atoms with Gasteiger partial charge in [-0.15, -0.1) is 0 Å². The van der Waals surface area contributed by atoms with Gasteiger partial charge in [0.2, 0.25) is 0 Å². The maximum absolute atomic E-state index is 11.3. The van der Waals surface area contributed by atoms with Crippen molar-refractivity contribution < 1.29 is 14.3 Å². The lowest BCUT2D eigenvalue weighted by Gasteiger charge is -2.21. The minimum Gasteiger partial charge on any atom is -0.444 e. The molecule has 0 aromatic carbocycles. The third kappa shape index (κ3) is 7.97. The molecule has 0 radical (unpaired) electrons. The highest BCUT2D eigenvalue weighted by Gasteiger charge is 2.18. The first-order valence-electron chi connectivity index (χ1n) is 5.25. The molecule has 0 fully saturated rings. The molecule has 1 amide bonds. The second-order valence-corrected chi connectivity index (χ2v) is 4.64. The number of hydrogen-bond donors (Lipinski definition) is 1. The number of nitrogens with one attached hydrogen (secondary N) is 1. The highest BCUT2D eigenvalue weighted by molar-refractivity contribution is 5.79. The number of carbonyl (C=O) groups is 2. The Balaban J connectivity index is 3.92. The highest BCUT2D eigenvalue weighted by Crippen LogP contribution is 2.07. The van der Waals surface area contributed by atoms with E-state index < -0.39 is 11.7 Å². The lowest BCUT2D eigenvalue weighted by atomic mass is 10.1. The van der Waals surface area contributed by atoms with Crippen LogP contribution in [0.1, 0.15) is 47.5 Å². The predicted molar refractivity (Wildman–Crippen MR) is 58.7 cm³/mol. The molecule has 0 rings (SSSR count). The molecular formula is C11H21NO3. The van der Waals surface area contributed by atoms with Crippen LogP contribution in [0.3, 0.4) is 0 Å². The standard InChI is InChI=1S/C11H21NO3/c1-6-9(13)7-8(2)12-10(14)15-11(3,4)5/h8H,6-7H2,1-5H3,(H,12,14). The summed E-state index contributed by atoms with van der Waals surface area (Å²) < 4.78 is 5.06. The summed E-state index contributed by atoms with van der Waals surface area (Å²) in [6.45, 7) is 9.00. The number of ether oxygens (including phenoxy) is 1. The maximum atomic E-state index is 11.3. The van der Waals surface area contributed by atoms with Gasteiger partial charge in [-0.25, -0.2) is 4.79 Å². The van der Waals surface area contributed by atoms with Crippen LogP contribution in [0.2, 0.25) is 0 Å². The molecular weight excluding hydrogens is 194 g/mol. The van der Waals surface area contributed by atoms with Crippen LogP contribution in [0.25, 0.3) is 0 Å². The summed E-state index contributed by atoms with van der Waals surface area (Å²) in [7, 11) is 0. The Labute approximate surface area is 91.4 Å². The van der Waals surface area contributed by atoms with E-state index in [4.69, 9.17) is 4.74 Å². The molecule has 88 valence electrons. The summed E-state index contributed by atoms with van der Waals surface area (Å²) in [5.74, 6) is 0.138. The highest BCUT2D eigenvalue weighted by atomic mass is 16.6. The average Bonchev–Trinajstić information content (AvgIpc) is 1.99. The van der Waals surface area contributed by atoms with Crippen LogP contribution in [0, 0.1) is 0 Å². The van der Waals surface area contributed by atoms with E-state index >= 15 is 0 Å². The van der Waals surface area contributed by atoms with Crippen molar-refractivity contribution in [2.75, 3.05) is 0 Å². The molecule has 0 bridgehead atoms. The molecule has 0 aliphatic heterocycles. The third-order valence-corrected chi connectivity index (χ3v) is 1.69. The van der Waals surface area contributed by atoms with E-state index in [1.807, 2.05) is 6.92 Å². The largest absolute Gasteiger partial charge is 0.444 e. The molecule has 4 nitrogen and oxygen atoms in total. The van der Waals surface area contributed by atoms with Crippen molar-refractivity contribution in [1.82, 2.24) is 5.32 Å². The molecule has 15 heavy (non-hydrogen) atoms. The number of alkyl carbamates (subject to hydrolysis) is 1. The zero-order chi connectivity index (χ0) is 12.1. The Morgan fingerprint density at radius 3 is 2.27 bits per heavy atom. The number of amides is 1. The van der Waals surface area contributed by atoms with E-state index in [0.717, 1.165) is 0 Å². The van der Waals surface area contributed by atoms with Gasteiger partial charge in [-0.1, -0.05) is 6.92 Å². The number of carbonyl (C=O) groups excluding carboxylic acids is 2. The Morgan fingerprint density at radius 1 is 1.33 bits per heavy atom. The zero-order valence-electron chi connectivity index (χ0n) is 10.2. The average molecular weight is 215 g/mol. The molecule has 0 saturated carbocycles. The summed E-state index contributed by atoms with van der Waals surface area (Å²) in [6.07, 6.45) is 0.384. The summed E-state index contributed by atoms with van der Waals surface area (Å²) in [5, 5.41) is 2.62. The Morgan fingerprint density at radius 2 is 1.87 bits per heavy atom. The van der Waals surface area contributed by atoms with Gasteiger partial charge in [0.25, 0.3) is 0 Å². The van der Waals surface area contributed by atoms with Gasteiger partial charge in [0.05, 0.1) is 0 Å². The fraction of sp³-hybridized carbons (Fsp3) is 0.818. The van der Waals surface area contributed by atoms with E-state index in [9.17, 15) is 9.59 Å². The van der Waals surface area contributed by atoms with E-state index in [2.05, 4.69) is 5.32 Å². The molecule has 0 aliphatic carbocycles. The fourth-order valence-corrected chi connectivity index (χ4v) is 1.05. The molecule has 0 aliphatic rings. The molecule has 0 saturated heterocycles. The van der Waals surface area contributed by atoms with Crippen LogP contribution >= 0.6 is 0 Å². The minimum atomic E-state index is -0.501. The second kappa shape index (κ2) is 5.73. The van der Waals surface area contributed by atoms with Crippen LogP contribution in [0.4, 0.5) is 4.79 Å². The van der Waals surface area contributed by atoms with Crippen molar-refractivity contribution in [1.29, 1.82) is 0 Å². The van der Waals surface area contributed by atoms with Gasteiger partial charge in [0.1, 0.15) is 11.4 Å². The zero-order valence-corrected chi connectivity index (χ0v) is 10.2. The van der Waals surface area contributed by atoms with Gasteiger partial charge in [0.15, 0.2) is 0 Å². The second-order valence-electron chi connectivity index (χ2n) is 4.64. The third-order valence-electron chi connectivity index (χ3n) is 1.69. The number of rotatable bonds is 4. The molecule has 0 spiro atoms. The van der Waals surface area contributed by atoms with Crippen molar-refractivity contribution in [2.45, 2.75) is 59.1 Å². The summed E-state index contributed by atoms with van der Waals surface area (Å²) in [5.41, 5.74) is -0.501. The predicted octanol–water partition coefficient (Wildman–Crippen LogP) is 2.27. The normalized spacial score (nSPS) is 13.1. The summed E-state index contributed by atoms with van der Waals surface area (Å²) in [4.78, 5) is 22.4. The fourth-order valence-electron chi connectivity index (χ4n) is 1.05. The SMILES string of the molecule is CCC(=O)CC(C)NC(=O)OC(C)(C)C. The van der Waals surface area contributed by atoms with Gasteiger partial charge in [-0.3, -0.25) is 4.79 Å². The van der Waals surface area contributed by atoms with Gasteiger partial charge >= 0.3 is 6.09 Å². The van der Waals surface area contributed by atoms with Crippen LogP contribution in [0.5, 0.6) is 0 Å². The molecule has 0 aromatic rings.